The molecule has 0 saturated carbocycles. The van der Waals surface area contributed by atoms with Crippen LogP contribution in [0.5, 0.6) is 5.75 Å². The summed E-state index contributed by atoms with van der Waals surface area (Å²) < 4.78 is 5.59. The maximum atomic E-state index is 11.8. The SMILES string of the molecule is C#CCOc1ccccc1CNC1CCN(CC(=O)NCCC)CC1. The zero-order valence-corrected chi connectivity index (χ0v) is 15.1. The summed E-state index contributed by atoms with van der Waals surface area (Å²) in [5, 5.41) is 6.54. The van der Waals surface area contributed by atoms with Crippen molar-refractivity contribution in [1.29, 1.82) is 0 Å². The van der Waals surface area contributed by atoms with Crippen LogP contribution in [0.2, 0.25) is 0 Å². The van der Waals surface area contributed by atoms with E-state index in [1.165, 1.54) is 0 Å². The van der Waals surface area contributed by atoms with E-state index >= 15 is 0 Å². The molecule has 0 aliphatic carbocycles. The molecule has 0 spiro atoms. The highest BCUT2D eigenvalue weighted by Gasteiger charge is 2.20. The van der Waals surface area contributed by atoms with E-state index in [0.29, 0.717) is 12.6 Å². The molecule has 5 nitrogen and oxygen atoms in total. The topological polar surface area (TPSA) is 53.6 Å². The highest BCUT2D eigenvalue weighted by atomic mass is 16.5. The lowest BCUT2D eigenvalue weighted by atomic mass is 10.0. The van der Waals surface area contributed by atoms with Crippen LogP contribution in [0.1, 0.15) is 31.7 Å². The largest absolute Gasteiger partial charge is 0.481 e. The fraction of sp³-hybridized carbons (Fsp3) is 0.550. The summed E-state index contributed by atoms with van der Waals surface area (Å²) in [5.41, 5.74) is 1.12. The number of amides is 1. The number of carbonyl (C=O) groups excluding carboxylic acids is 1. The van der Waals surface area contributed by atoms with Crippen LogP contribution in [-0.4, -0.2) is 49.6 Å². The van der Waals surface area contributed by atoms with Gasteiger partial charge < -0.3 is 15.4 Å². The molecule has 1 heterocycles. The van der Waals surface area contributed by atoms with Crippen molar-refractivity contribution in [2.75, 3.05) is 32.8 Å². The van der Waals surface area contributed by atoms with Crippen molar-refractivity contribution in [1.82, 2.24) is 15.5 Å². The predicted octanol–water partition coefficient (Wildman–Crippen LogP) is 1.78. The number of rotatable bonds is 9. The van der Waals surface area contributed by atoms with Crippen molar-refractivity contribution in [3.8, 4) is 18.1 Å². The summed E-state index contributed by atoms with van der Waals surface area (Å²) in [6, 6.07) is 8.45. The lowest BCUT2D eigenvalue weighted by Gasteiger charge is -2.32. The molecule has 25 heavy (non-hydrogen) atoms. The molecule has 0 radical (unpaired) electrons. The Morgan fingerprint density at radius 3 is 2.84 bits per heavy atom. The van der Waals surface area contributed by atoms with Gasteiger partial charge in [-0.1, -0.05) is 31.0 Å². The molecule has 1 saturated heterocycles. The van der Waals surface area contributed by atoms with Crippen molar-refractivity contribution in [2.24, 2.45) is 0 Å². The van der Waals surface area contributed by atoms with Crippen LogP contribution >= 0.6 is 0 Å². The van der Waals surface area contributed by atoms with Gasteiger partial charge in [0.2, 0.25) is 5.91 Å². The van der Waals surface area contributed by atoms with Gasteiger partial charge in [0.05, 0.1) is 6.54 Å². The minimum absolute atomic E-state index is 0.132. The molecule has 5 heteroatoms. The first-order chi connectivity index (χ1) is 12.2. The fourth-order valence-electron chi connectivity index (χ4n) is 2.98. The third-order valence-corrected chi connectivity index (χ3v) is 4.39. The molecule has 0 aromatic heterocycles. The molecule has 1 aliphatic heterocycles. The first-order valence-electron chi connectivity index (χ1n) is 9.09. The number of para-hydroxylation sites is 1. The highest BCUT2D eigenvalue weighted by Crippen LogP contribution is 2.19. The summed E-state index contributed by atoms with van der Waals surface area (Å²) in [5.74, 6) is 3.48. The minimum Gasteiger partial charge on any atom is -0.481 e. The number of terminal acetylenes is 1. The van der Waals surface area contributed by atoms with Gasteiger partial charge in [-0.2, -0.15) is 0 Å². The molecule has 136 valence electrons. The number of carbonyl (C=O) groups is 1. The van der Waals surface area contributed by atoms with Gasteiger partial charge in [0.25, 0.3) is 0 Å². The quantitative estimate of drug-likeness (QED) is 0.671. The number of ether oxygens (including phenoxy) is 1. The van der Waals surface area contributed by atoms with E-state index in [4.69, 9.17) is 11.2 Å². The van der Waals surface area contributed by atoms with Crippen molar-refractivity contribution in [3.63, 3.8) is 0 Å². The van der Waals surface area contributed by atoms with Gasteiger partial charge in [-0.25, -0.2) is 0 Å². The third kappa shape index (κ3) is 6.77. The van der Waals surface area contributed by atoms with Crippen molar-refractivity contribution in [2.45, 2.75) is 38.8 Å². The Labute approximate surface area is 151 Å². The second-order valence-corrected chi connectivity index (χ2v) is 6.38. The second-order valence-electron chi connectivity index (χ2n) is 6.38. The molecular weight excluding hydrogens is 314 g/mol. The smallest absolute Gasteiger partial charge is 0.234 e. The van der Waals surface area contributed by atoms with Crippen LogP contribution in [0, 0.1) is 12.3 Å². The van der Waals surface area contributed by atoms with Crippen molar-refractivity contribution < 1.29 is 9.53 Å². The zero-order chi connectivity index (χ0) is 17.9. The Morgan fingerprint density at radius 1 is 1.36 bits per heavy atom. The molecule has 1 fully saturated rings. The first kappa shape index (κ1) is 19.3. The van der Waals surface area contributed by atoms with Crippen LogP contribution in [0.3, 0.4) is 0 Å². The summed E-state index contributed by atoms with van der Waals surface area (Å²) in [7, 11) is 0. The van der Waals surface area contributed by atoms with Crippen LogP contribution in [0.25, 0.3) is 0 Å². The maximum Gasteiger partial charge on any atom is 0.234 e. The van der Waals surface area contributed by atoms with E-state index in [1.54, 1.807) is 0 Å². The predicted molar refractivity (Wildman–Crippen MR) is 100 cm³/mol. The van der Waals surface area contributed by atoms with Crippen LogP contribution in [0.15, 0.2) is 24.3 Å². The van der Waals surface area contributed by atoms with Crippen LogP contribution in [0.4, 0.5) is 0 Å². The van der Waals surface area contributed by atoms with Crippen molar-refractivity contribution >= 4 is 5.91 Å². The second kappa shape index (κ2) is 10.8. The van der Waals surface area contributed by atoms with Crippen LogP contribution < -0.4 is 15.4 Å². The van der Waals surface area contributed by atoms with E-state index in [0.717, 1.165) is 56.8 Å². The van der Waals surface area contributed by atoms with Gasteiger partial charge in [0, 0.05) is 37.8 Å². The van der Waals surface area contributed by atoms with Crippen molar-refractivity contribution in [3.05, 3.63) is 29.8 Å². The first-order valence-corrected chi connectivity index (χ1v) is 9.09. The minimum atomic E-state index is 0.132. The van der Waals surface area contributed by atoms with Gasteiger partial charge >= 0.3 is 0 Å². The average molecular weight is 343 g/mol. The molecule has 1 aromatic rings. The molecule has 1 amide bonds. The lowest BCUT2D eigenvalue weighted by Crippen LogP contribution is -2.46. The number of benzene rings is 1. The number of nitrogens with one attached hydrogen (secondary N) is 2. The fourth-order valence-corrected chi connectivity index (χ4v) is 2.98. The summed E-state index contributed by atoms with van der Waals surface area (Å²) in [6.07, 6.45) is 8.34. The Morgan fingerprint density at radius 2 is 2.12 bits per heavy atom. The Kier molecular flexibility index (Phi) is 8.30. The Hall–Kier alpha value is -2.03. The van der Waals surface area contributed by atoms with E-state index in [9.17, 15) is 4.79 Å². The van der Waals surface area contributed by atoms with Gasteiger partial charge in [-0.3, -0.25) is 9.69 Å². The van der Waals surface area contributed by atoms with Gasteiger partial charge in [-0.15, -0.1) is 6.42 Å². The molecule has 0 atom stereocenters. The average Bonchev–Trinajstić information content (AvgIpc) is 2.65. The highest BCUT2D eigenvalue weighted by molar-refractivity contribution is 5.77. The molecule has 2 N–H and O–H groups in total. The van der Waals surface area contributed by atoms with Gasteiger partial charge in [-0.05, 0) is 25.3 Å². The number of likely N-dealkylation sites (tertiary alicyclic amines) is 1. The van der Waals surface area contributed by atoms with E-state index in [1.807, 2.05) is 18.2 Å². The molecule has 1 aliphatic rings. The zero-order valence-electron chi connectivity index (χ0n) is 15.1. The lowest BCUT2D eigenvalue weighted by molar-refractivity contribution is -0.122. The number of hydrogen-bond acceptors (Lipinski definition) is 4. The molecule has 1 aromatic carbocycles. The molecule has 0 bridgehead atoms. The number of hydrogen-bond donors (Lipinski definition) is 2. The molecule has 2 rings (SSSR count). The Balaban J connectivity index is 1.72. The van der Waals surface area contributed by atoms with E-state index < -0.39 is 0 Å². The van der Waals surface area contributed by atoms with Crippen LogP contribution in [-0.2, 0) is 11.3 Å². The molecule has 0 unspecified atom stereocenters. The number of nitrogens with zero attached hydrogens (tertiary/aromatic N) is 1. The third-order valence-electron chi connectivity index (χ3n) is 4.39. The summed E-state index contributed by atoms with van der Waals surface area (Å²) >= 11 is 0. The van der Waals surface area contributed by atoms with E-state index in [-0.39, 0.29) is 12.5 Å². The number of piperidine rings is 1. The summed E-state index contributed by atoms with van der Waals surface area (Å²) in [6.45, 7) is 6.29. The standard InChI is InChI=1S/C20H29N3O2/c1-3-11-21-20(24)16-23-12-9-18(10-13-23)22-15-17-7-5-6-8-19(17)25-14-4-2/h2,5-8,18,22H,3,9-16H2,1H3,(H,21,24). The Bertz CT molecular complexity index is 575. The normalized spacial score (nSPS) is 15.5. The van der Waals surface area contributed by atoms with Gasteiger partial charge in [0.1, 0.15) is 12.4 Å². The monoisotopic (exact) mass is 343 g/mol. The van der Waals surface area contributed by atoms with Gasteiger partial charge in [0.15, 0.2) is 0 Å². The summed E-state index contributed by atoms with van der Waals surface area (Å²) in [4.78, 5) is 14.0. The van der Waals surface area contributed by atoms with E-state index in [2.05, 4.69) is 34.4 Å². The maximum absolute atomic E-state index is 11.8. The molecular formula is C20H29N3O2.